The molecule has 0 bridgehead atoms. The van der Waals surface area contributed by atoms with E-state index >= 15 is 0 Å². The Hall–Kier alpha value is -2.23. The van der Waals surface area contributed by atoms with Crippen LogP contribution >= 0.6 is 0 Å². The Morgan fingerprint density at radius 1 is 1.06 bits per heavy atom. The minimum absolute atomic E-state index is 0.262. The molecule has 1 aromatic carbocycles. The lowest BCUT2D eigenvalue weighted by molar-refractivity contribution is 0.628. The van der Waals surface area contributed by atoms with Gasteiger partial charge in [-0.2, -0.15) is 9.73 Å². The molecule has 0 radical (unpaired) electrons. The highest BCUT2D eigenvalue weighted by atomic mass is 19.1. The third-order valence-electron chi connectivity index (χ3n) is 2.37. The van der Waals surface area contributed by atoms with E-state index in [4.69, 9.17) is 0 Å². The Kier molecular flexibility index (Phi) is 1.93. The third-order valence-corrected chi connectivity index (χ3v) is 2.37. The molecule has 0 spiro atoms. The van der Waals surface area contributed by atoms with Gasteiger partial charge in [0.1, 0.15) is 5.82 Å². The summed E-state index contributed by atoms with van der Waals surface area (Å²) in [5.74, 6) is -0.262. The highest BCUT2D eigenvalue weighted by molar-refractivity contribution is 5.65. The molecule has 3 rings (SSSR count). The first-order valence-electron chi connectivity index (χ1n) is 4.90. The molecule has 0 unspecified atom stereocenters. The van der Waals surface area contributed by atoms with Crippen LogP contribution in [0.2, 0.25) is 0 Å². The summed E-state index contributed by atoms with van der Waals surface area (Å²) < 4.78 is 14.6. The van der Waals surface area contributed by atoms with E-state index in [9.17, 15) is 4.39 Å². The van der Waals surface area contributed by atoms with E-state index < -0.39 is 0 Å². The van der Waals surface area contributed by atoms with Crippen LogP contribution < -0.4 is 0 Å². The Morgan fingerprint density at radius 3 is 2.81 bits per heavy atom. The lowest BCUT2D eigenvalue weighted by Crippen LogP contribution is -1.91. The smallest absolute Gasteiger partial charge is 0.123 e. The number of nitrogens with zero attached hydrogens (tertiary/aromatic N) is 3. The van der Waals surface area contributed by atoms with Gasteiger partial charge in [0.25, 0.3) is 0 Å². The van der Waals surface area contributed by atoms with Gasteiger partial charge < -0.3 is 0 Å². The summed E-state index contributed by atoms with van der Waals surface area (Å²) >= 11 is 0. The lowest BCUT2D eigenvalue weighted by Gasteiger charge is -1.94. The number of halogens is 1. The van der Waals surface area contributed by atoms with Gasteiger partial charge in [-0.15, -0.1) is 5.10 Å². The largest absolute Gasteiger partial charge is 0.207 e. The molecule has 0 saturated carbocycles. The van der Waals surface area contributed by atoms with Crippen molar-refractivity contribution in [1.29, 1.82) is 0 Å². The van der Waals surface area contributed by atoms with Crippen molar-refractivity contribution in [3.05, 3.63) is 54.5 Å². The summed E-state index contributed by atoms with van der Waals surface area (Å²) in [7, 11) is 0. The van der Waals surface area contributed by atoms with Gasteiger partial charge in [-0.1, -0.05) is 12.1 Å². The lowest BCUT2D eigenvalue weighted by atomic mass is 10.1. The summed E-state index contributed by atoms with van der Waals surface area (Å²) in [5, 5.41) is 8.32. The maximum Gasteiger partial charge on any atom is 0.123 e. The molecule has 3 nitrogen and oxygen atoms in total. The van der Waals surface area contributed by atoms with Crippen LogP contribution in [-0.2, 0) is 0 Å². The van der Waals surface area contributed by atoms with Gasteiger partial charge in [-0.05, 0) is 30.3 Å². The minimum atomic E-state index is -0.262. The SMILES string of the molecule is Fc1cccc(-c2cc3cccnn3n2)c1. The molecule has 0 aliphatic rings. The number of aromatic nitrogens is 3. The zero-order valence-electron chi connectivity index (χ0n) is 8.34. The number of rotatable bonds is 1. The molecule has 0 aliphatic carbocycles. The first-order valence-corrected chi connectivity index (χ1v) is 4.90. The van der Waals surface area contributed by atoms with Crippen molar-refractivity contribution < 1.29 is 4.39 Å². The summed E-state index contributed by atoms with van der Waals surface area (Å²) in [6.45, 7) is 0. The van der Waals surface area contributed by atoms with Crippen LogP contribution in [0.15, 0.2) is 48.7 Å². The summed E-state index contributed by atoms with van der Waals surface area (Å²) in [5.41, 5.74) is 2.37. The Morgan fingerprint density at radius 2 is 2.00 bits per heavy atom. The van der Waals surface area contributed by atoms with Gasteiger partial charge in [-0.25, -0.2) is 4.39 Å². The predicted molar refractivity (Wildman–Crippen MR) is 58.4 cm³/mol. The van der Waals surface area contributed by atoms with Gasteiger partial charge in [-0.3, -0.25) is 0 Å². The Bertz CT molecular complexity index is 612. The number of hydrogen-bond donors (Lipinski definition) is 0. The van der Waals surface area contributed by atoms with Gasteiger partial charge in [0.15, 0.2) is 0 Å². The number of benzene rings is 1. The second-order valence-electron chi connectivity index (χ2n) is 3.48. The first kappa shape index (κ1) is 9.03. The summed E-state index contributed by atoms with van der Waals surface area (Å²) in [4.78, 5) is 0. The highest BCUT2D eigenvalue weighted by Crippen LogP contribution is 2.19. The maximum absolute atomic E-state index is 13.1. The topological polar surface area (TPSA) is 30.2 Å². The predicted octanol–water partition coefficient (Wildman–Crippen LogP) is 2.54. The number of fused-ring (bicyclic) bond motifs is 1. The quantitative estimate of drug-likeness (QED) is 0.621. The standard InChI is InChI=1S/C12H8FN3/c13-10-4-1-3-9(7-10)12-8-11-5-2-6-14-16(11)15-12/h1-8H. The van der Waals surface area contributed by atoms with E-state index in [-0.39, 0.29) is 5.82 Å². The van der Waals surface area contributed by atoms with Crippen molar-refractivity contribution >= 4 is 5.52 Å². The van der Waals surface area contributed by atoms with Crippen LogP contribution in [-0.4, -0.2) is 14.8 Å². The van der Waals surface area contributed by atoms with Crippen molar-refractivity contribution in [3.8, 4) is 11.3 Å². The second kappa shape index (κ2) is 3.41. The first-order chi connectivity index (χ1) is 7.83. The molecule has 0 N–H and O–H groups in total. The summed E-state index contributed by atoms with van der Waals surface area (Å²) in [6, 6.07) is 12.0. The maximum atomic E-state index is 13.1. The molecule has 0 saturated heterocycles. The fourth-order valence-corrected chi connectivity index (χ4v) is 1.63. The highest BCUT2D eigenvalue weighted by Gasteiger charge is 2.04. The van der Waals surface area contributed by atoms with E-state index in [2.05, 4.69) is 10.2 Å². The molecule has 2 aromatic heterocycles. The van der Waals surface area contributed by atoms with Crippen molar-refractivity contribution in [1.82, 2.24) is 14.8 Å². The third kappa shape index (κ3) is 1.44. The van der Waals surface area contributed by atoms with Crippen molar-refractivity contribution in [2.24, 2.45) is 0 Å². The van der Waals surface area contributed by atoms with Gasteiger partial charge in [0.05, 0.1) is 11.2 Å². The van der Waals surface area contributed by atoms with Crippen LogP contribution in [0.5, 0.6) is 0 Å². The number of hydrogen-bond acceptors (Lipinski definition) is 2. The normalized spacial score (nSPS) is 10.8. The fraction of sp³-hybridized carbons (Fsp3) is 0. The van der Waals surface area contributed by atoms with E-state index in [1.54, 1.807) is 12.3 Å². The van der Waals surface area contributed by atoms with Crippen LogP contribution in [0.25, 0.3) is 16.8 Å². The van der Waals surface area contributed by atoms with Crippen LogP contribution in [0.1, 0.15) is 0 Å². The molecule has 16 heavy (non-hydrogen) atoms. The van der Waals surface area contributed by atoms with Gasteiger partial charge >= 0.3 is 0 Å². The zero-order chi connectivity index (χ0) is 11.0. The molecule has 3 aromatic rings. The molecule has 0 atom stereocenters. The van der Waals surface area contributed by atoms with Crippen LogP contribution in [0, 0.1) is 5.82 Å². The fourth-order valence-electron chi connectivity index (χ4n) is 1.63. The van der Waals surface area contributed by atoms with E-state index in [1.807, 2.05) is 24.3 Å². The van der Waals surface area contributed by atoms with E-state index in [0.29, 0.717) is 0 Å². The van der Waals surface area contributed by atoms with Crippen molar-refractivity contribution in [2.75, 3.05) is 0 Å². The van der Waals surface area contributed by atoms with Crippen molar-refractivity contribution in [2.45, 2.75) is 0 Å². The molecule has 0 aliphatic heterocycles. The average molecular weight is 213 g/mol. The molecule has 4 heteroatoms. The van der Waals surface area contributed by atoms with Crippen LogP contribution in [0.4, 0.5) is 4.39 Å². The van der Waals surface area contributed by atoms with Crippen molar-refractivity contribution in [3.63, 3.8) is 0 Å². The Balaban J connectivity index is 2.19. The van der Waals surface area contributed by atoms with Gasteiger partial charge in [0.2, 0.25) is 0 Å². The zero-order valence-corrected chi connectivity index (χ0v) is 8.34. The van der Waals surface area contributed by atoms with Gasteiger partial charge in [0, 0.05) is 11.8 Å². The molecular weight excluding hydrogens is 205 g/mol. The van der Waals surface area contributed by atoms with E-state index in [0.717, 1.165) is 16.8 Å². The molecule has 2 heterocycles. The molecule has 78 valence electrons. The Labute approximate surface area is 91.1 Å². The monoisotopic (exact) mass is 213 g/mol. The molecular formula is C12H8FN3. The molecule has 0 amide bonds. The average Bonchev–Trinajstić information content (AvgIpc) is 2.72. The van der Waals surface area contributed by atoms with Crippen LogP contribution in [0.3, 0.4) is 0 Å². The molecule has 0 fully saturated rings. The van der Waals surface area contributed by atoms with E-state index in [1.165, 1.54) is 16.8 Å². The minimum Gasteiger partial charge on any atom is -0.207 e. The second-order valence-corrected chi connectivity index (χ2v) is 3.48. The summed E-state index contributed by atoms with van der Waals surface area (Å²) in [6.07, 6.45) is 1.66.